The number of amides is 1. The van der Waals surface area contributed by atoms with Crippen molar-refractivity contribution >= 4 is 17.7 Å². The van der Waals surface area contributed by atoms with E-state index in [1.807, 2.05) is 66.9 Å². The van der Waals surface area contributed by atoms with Gasteiger partial charge in [0.05, 0.1) is 19.8 Å². The van der Waals surface area contributed by atoms with Crippen molar-refractivity contribution in [3.63, 3.8) is 0 Å². The van der Waals surface area contributed by atoms with Gasteiger partial charge in [-0.1, -0.05) is 36.4 Å². The fraction of sp³-hybridized carbons (Fsp3) is 0.208. The molecule has 0 unspecified atom stereocenters. The number of thioether (sulfide) groups is 1. The summed E-state index contributed by atoms with van der Waals surface area (Å²) in [5.74, 6) is 1.65. The second-order valence-corrected chi connectivity index (χ2v) is 7.39. The van der Waals surface area contributed by atoms with Crippen LogP contribution in [0.1, 0.15) is 21.5 Å². The average molecular weight is 424 g/mol. The molecule has 0 bridgehead atoms. The molecular formula is C24H25NO4S. The third kappa shape index (κ3) is 5.48. The van der Waals surface area contributed by atoms with Gasteiger partial charge in [0.2, 0.25) is 0 Å². The number of carbonyl (C=O) groups is 1. The maximum absolute atomic E-state index is 12.6. The predicted octanol–water partition coefficient (Wildman–Crippen LogP) is 4.93. The molecule has 0 heterocycles. The van der Waals surface area contributed by atoms with Gasteiger partial charge in [0, 0.05) is 11.4 Å². The lowest BCUT2D eigenvalue weighted by Gasteiger charge is -2.13. The van der Waals surface area contributed by atoms with Crippen LogP contribution in [0.15, 0.2) is 71.6 Å². The maximum Gasteiger partial charge on any atom is 0.255 e. The van der Waals surface area contributed by atoms with Crippen LogP contribution in [0.25, 0.3) is 0 Å². The Balaban J connectivity index is 1.65. The number of hydrogen-bond donors (Lipinski definition) is 1. The highest BCUT2D eigenvalue weighted by atomic mass is 32.2. The van der Waals surface area contributed by atoms with Gasteiger partial charge in [-0.05, 0) is 47.7 Å². The Kier molecular flexibility index (Phi) is 7.63. The molecule has 30 heavy (non-hydrogen) atoms. The van der Waals surface area contributed by atoms with E-state index in [0.29, 0.717) is 36.0 Å². The third-order valence-electron chi connectivity index (χ3n) is 4.57. The Morgan fingerprint density at radius 2 is 1.63 bits per heavy atom. The predicted molar refractivity (Wildman–Crippen MR) is 120 cm³/mol. The molecule has 0 atom stereocenters. The van der Waals surface area contributed by atoms with Gasteiger partial charge in [-0.15, -0.1) is 11.8 Å². The lowest BCUT2D eigenvalue weighted by molar-refractivity contribution is 0.0947. The molecule has 0 spiro atoms. The third-order valence-corrected chi connectivity index (χ3v) is 5.30. The Hall–Kier alpha value is -3.12. The van der Waals surface area contributed by atoms with Crippen molar-refractivity contribution in [1.29, 1.82) is 0 Å². The zero-order valence-electron chi connectivity index (χ0n) is 17.3. The standard InChI is InChI=1S/C24H25NO4S/c1-27-22-14-19(30-3)10-11-20(22)24(26)25-15-18-9-12-21(23(13-18)28-2)29-16-17-7-5-4-6-8-17/h4-14H,15-16H2,1-3H3,(H,25,26). The molecule has 3 aromatic carbocycles. The Labute approximate surface area is 181 Å². The smallest absolute Gasteiger partial charge is 0.255 e. The fourth-order valence-corrected chi connectivity index (χ4v) is 3.37. The van der Waals surface area contributed by atoms with Gasteiger partial charge >= 0.3 is 0 Å². The molecule has 0 saturated carbocycles. The first-order chi connectivity index (χ1) is 14.6. The molecule has 5 nitrogen and oxygen atoms in total. The van der Waals surface area contributed by atoms with E-state index >= 15 is 0 Å². The van der Waals surface area contributed by atoms with Gasteiger partial charge in [-0.25, -0.2) is 0 Å². The number of hydrogen-bond acceptors (Lipinski definition) is 5. The van der Waals surface area contributed by atoms with Gasteiger partial charge in [0.15, 0.2) is 11.5 Å². The van der Waals surface area contributed by atoms with Crippen LogP contribution in [0.2, 0.25) is 0 Å². The van der Waals surface area contributed by atoms with Gasteiger partial charge in [0.1, 0.15) is 12.4 Å². The van der Waals surface area contributed by atoms with E-state index in [4.69, 9.17) is 14.2 Å². The molecule has 0 saturated heterocycles. The number of rotatable bonds is 9. The van der Waals surface area contributed by atoms with E-state index in [1.54, 1.807) is 32.0 Å². The van der Waals surface area contributed by atoms with Crippen LogP contribution in [-0.2, 0) is 13.2 Å². The number of ether oxygens (including phenoxy) is 3. The highest BCUT2D eigenvalue weighted by Crippen LogP contribution is 2.29. The van der Waals surface area contributed by atoms with E-state index in [1.165, 1.54) is 0 Å². The first-order valence-corrected chi connectivity index (χ1v) is 10.7. The first-order valence-electron chi connectivity index (χ1n) is 9.48. The van der Waals surface area contributed by atoms with E-state index < -0.39 is 0 Å². The zero-order valence-corrected chi connectivity index (χ0v) is 18.1. The van der Waals surface area contributed by atoms with Gasteiger partial charge < -0.3 is 19.5 Å². The second-order valence-electron chi connectivity index (χ2n) is 6.51. The van der Waals surface area contributed by atoms with Crippen LogP contribution in [-0.4, -0.2) is 26.4 Å². The number of nitrogens with one attached hydrogen (secondary N) is 1. The second kappa shape index (κ2) is 10.6. The van der Waals surface area contributed by atoms with Gasteiger partial charge in [0.25, 0.3) is 5.91 Å². The zero-order chi connectivity index (χ0) is 21.3. The van der Waals surface area contributed by atoms with Crippen molar-refractivity contribution in [2.75, 3.05) is 20.5 Å². The van der Waals surface area contributed by atoms with Crippen LogP contribution >= 0.6 is 11.8 Å². The normalized spacial score (nSPS) is 10.4. The fourth-order valence-electron chi connectivity index (χ4n) is 2.94. The number of carbonyl (C=O) groups excluding carboxylic acids is 1. The first kappa shape index (κ1) is 21.6. The van der Waals surface area contributed by atoms with E-state index in [0.717, 1.165) is 16.0 Å². The van der Waals surface area contributed by atoms with Crippen LogP contribution in [0.5, 0.6) is 17.2 Å². The van der Waals surface area contributed by atoms with Crippen LogP contribution in [0, 0.1) is 0 Å². The summed E-state index contributed by atoms with van der Waals surface area (Å²) in [6.07, 6.45) is 1.98. The van der Waals surface area contributed by atoms with E-state index in [9.17, 15) is 4.79 Å². The molecule has 3 rings (SSSR count). The molecule has 0 aromatic heterocycles. The summed E-state index contributed by atoms with van der Waals surface area (Å²) < 4.78 is 16.7. The van der Waals surface area contributed by atoms with Crippen molar-refractivity contribution in [3.8, 4) is 17.2 Å². The van der Waals surface area contributed by atoms with Crippen LogP contribution < -0.4 is 19.5 Å². The molecule has 0 fully saturated rings. The largest absolute Gasteiger partial charge is 0.496 e. The molecule has 6 heteroatoms. The summed E-state index contributed by atoms with van der Waals surface area (Å²) in [5.41, 5.74) is 2.49. The number of benzene rings is 3. The molecule has 3 aromatic rings. The lowest BCUT2D eigenvalue weighted by atomic mass is 10.1. The summed E-state index contributed by atoms with van der Waals surface area (Å²) in [7, 11) is 3.17. The van der Waals surface area contributed by atoms with Crippen LogP contribution in [0.4, 0.5) is 0 Å². The van der Waals surface area contributed by atoms with Crippen LogP contribution in [0.3, 0.4) is 0 Å². The van der Waals surface area contributed by atoms with Gasteiger partial charge in [-0.2, -0.15) is 0 Å². The SMILES string of the molecule is COc1cc(CNC(=O)c2ccc(SC)cc2OC)ccc1OCc1ccccc1. The van der Waals surface area contributed by atoms with Crippen molar-refractivity contribution in [3.05, 3.63) is 83.4 Å². The summed E-state index contributed by atoms with van der Waals surface area (Å²) in [6, 6.07) is 21.1. The molecule has 0 aliphatic rings. The molecular weight excluding hydrogens is 398 g/mol. The van der Waals surface area contributed by atoms with Crippen molar-refractivity contribution in [1.82, 2.24) is 5.32 Å². The summed E-state index contributed by atoms with van der Waals surface area (Å²) in [6.45, 7) is 0.820. The topological polar surface area (TPSA) is 56.8 Å². The highest BCUT2D eigenvalue weighted by Gasteiger charge is 2.13. The average Bonchev–Trinajstić information content (AvgIpc) is 2.81. The maximum atomic E-state index is 12.6. The highest BCUT2D eigenvalue weighted by molar-refractivity contribution is 7.98. The lowest BCUT2D eigenvalue weighted by Crippen LogP contribution is -2.23. The minimum absolute atomic E-state index is 0.192. The van der Waals surface area contributed by atoms with E-state index in [-0.39, 0.29) is 5.91 Å². The minimum atomic E-state index is -0.192. The quantitative estimate of drug-likeness (QED) is 0.494. The monoisotopic (exact) mass is 423 g/mol. The Morgan fingerprint density at radius 3 is 2.33 bits per heavy atom. The molecule has 1 amide bonds. The molecule has 0 aliphatic carbocycles. The van der Waals surface area contributed by atoms with Crippen molar-refractivity contribution < 1.29 is 19.0 Å². The Bertz CT molecular complexity index is 992. The van der Waals surface area contributed by atoms with E-state index in [2.05, 4.69) is 5.32 Å². The Morgan fingerprint density at radius 1 is 0.867 bits per heavy atom. The summed E-state index contributed by atoms with van der Waals surface area (Å²) in [4.78, 5) is 13.7. The molecule has 1 N–H and O–H groups in total. The number of methoxy groups -OCH3 is 2. The molecule has 156 valence electrons. The molecule has 0 aliphatic heterocycles. The van der Waals surface area contributed by atoms with Crippen molar-refractivity contribution in [2.24, 2.45) is 0 Å². The van der Waals surface area contributed by atoms with Gasteiger partial charge in [-0.3, -0.25) is 4.79 Å². The van der Waals surface area contributed by atoms with Crippen molar-refractivity contribution in [2.45, 2.75) is 18.0 Å². The minimum Gasteiger partial charge on any atom is -0.496 e. The summed E-state index contributed by atoms with van der Waals surface area (Å²) >= 11 is 1.60. The summed E-state index contributed by atoms with van der Waals surface area (Å²) in [5, 5.41) is 2.93. The molecule has 0 radical (unpaired) electrons.